The van der Waals surface area contributed by atoms with Crippen LogP contribution in [0.4, 0.5) is 5.69 Å². The molecule has 174 valence electrons. The third kappa shape index (κ3) is 5.95. The maximum atomic E-state index is 13.5. The van der Waals surface area contributed by atoms with Gasteiger partial charge in [0.05, 0.1) is 16.6 Å². The summed E-state index contributed by atoms with van der Waals surface area (Å²) < 4.78 is 28.1. The Labute approximate surface area is 201 Å². The lowest BCUT2D eigenvalue weighted by Gasteiger charge is -2.26. The average molecular weight is 485 g/mol. The van der Waals surface area contributed by atoms with Crippen LogP contribution in [0.2, 0.25) is 5.02 Å². The quantitative estimate of drug-likeness (QED) is 0.444. The van der Waals surface area contributed by atoms with Crippen LogP contribution >= 0.6 is 11.6 Å². The van der Waals surface area contributed by atoms with Gasteiger partial charge in [0.25, 0.3) is 10.0 Å². The number of anilines is 1. The Morgan fingerprint density at radius 3 is 2.15 bits per heavy atom. The van der Waals surface area contributed by atoms with E-state index >= 15 is 0 Å². The van der Waals surface area contributed by atoms with Crippen molar-refractivity contribution in [2.75, 3.05) is 10.8 Å². The first-order valence-corrected chi connectivity index (χ1v) is 12.6. The second-order valence-corrected chi connectivity index (χ2v) is 10.5. The molecule has 1 unspecified atom stereocenters. The monoisotopic (exact) mass is 484 g/mol. The molecule has 3 aromatic rings. The number of rotatable bonds is 8. The molecule has 0 aliphatic rings. The molecule has 0 heterocycles. The van der Waals surface area contributed by atoms with Gasteiger partial charge in [0.1, 0.15) is 6.54 Å². The van der Waals surface area contributed by atoms with Crippen molar-refractivity contribution in [3.8, 4) is 0 Å². The molecule has 0 aliphatic carbocycles. The number of aryl methyl sites for hydroxylation is 3. The number of hydrogen-bond acceptors (Lipinski definition) is 3. The van der Waals surface area contributed by atoms with Crippen LogP contribution in [-0.4, -0.2) is 20.9 Å². The predicted octanol–water partition coefficient (Wildman–Crippen LogP) is 5.73. The van der Waals surface area contributed by atoms with Gasteiger partial charge in [0, 0.05) is 5.02 Å². The number of sulfonamides is 1. The van der Waals surface area contributed by atoms with E-state index in [9.17, 15) is 13.2 Å². The van der Waals surface area contributed by atoms with E-state index in [0.717, 1.165) is 21.0 Å². The van der Waals surface area contributed by atoms with E-state index in [4.69, 9.17) is 11.6 Å². The van der Waals surface area contributed by atoms with E-state index in [0.29, 0.717) is 17.1 Å². The zero-order valence-electron chi connectivity index (χ0n) is 19.3. The SMILES string of the molecule is CCC(NC(=O)CN(c1ccc(C)cc1)S(=O)(=O)c1ccc(Cl)cc1)c1ccc(C)c(C)c1. The summed E-state index contributed by atoms with van der Waals surface area (Å²) in [4.78, 5) is 13.2. The summed E-state index contributed by atoms with van der Waals surface area (Å²) in [5.41, 5.74) is 4.74. The van der Waals surface area contributed by atoms with Crippen molar-refractivity contribution in [3.05, 3.63) is 94.0 Å². The van der Waals surface area contributed by atoms with Crippen LogP contribution < -0.4 is 9.62 Å². The van der Waals surface area contributed by atoms with Crippen LogP contribution in [0.15, 0.2) is 71.6 Å². The van der Waals surface area contributed by atoms with Crippen molar-refractivity contribution < 1.29 is 13.2 Å². The van der Waals surface area contributed by atoms with Crippen LogP contribution in [0.25, 0.3) is 0 Å². The summed E-state index contributed by atoms with van der Waals surface area (Å²) in [5.74, 6) is -0.377. The van der Waals surface area contributed by atoms with E-state index in [1.807, 2.05) is 52.0 Å². The smallest absolute Gasteiger partial charge is 0.264 e. The fourth-order valence-corrected chi connectivity index (χ4v) is 5.08. The molecule has 0 radical (unpaired) electrons. The lowest BCUT2D eigenvalue weighted by Crippen LogP contribution is -2.42. The number of amides is 1. The van der Waals surface area contributed by atoms with Gasteiger partial charge in [0.2, 0.25) is 5.91 Å². The number of carbonyl (C=O) groups excluding carboxylic acids is 1. The number of benzene rings is 3. The van der Waals surface area contributed by atoms with Crippen molar-refractivity contribution >= 4 is 33.2 Å². The van der Waals surface area contributed by atoms with Gasteiger partial charge in [-0.25, -0.2) is 8.42 Å². The Bertz CT molecular complexity index is 1220. The van der Waals surface area contributed by atoms with Crippen molar-refractivity contribution in [1.29, 1.82) is 0 Å². The lowest BCUT2D eigenvalue weighted by atomic mass is 9.99. The molecular weight excluding hydrogens is 456 g/mol. The molecule has 0 saturated heterocycles. The standard InChI is InChI=1S/C26H29ClN2O3S/c1-5-25(21-9-8-19(3)20(4)16-21)28-26(30)17-29(23-12-6-18(2)7-13-23)33(31,32)24-14-10-22(27)11-15-24/h6-16,25H,5,17H2,1-4H3,(H,28,30). The Kier molecular flexibility index (Phi) is 7.82. The third-order valence-corrected chi connectivity index (χ3v) is 7.73. The van der Waals surface area contributed by atoms with Crippen LogP contribution in [0.1, 0.15) is 41.6 Å². The zero-order chi connectivity index (χ0) is 24.2. The summed E-state index contributed by atoms with van der Waals surface area (Å²) in [5, 5.41) is 3.45. The van der Waals surface area contributed by atoms with Gasteiger partial charge < -0.3 is 5.32 Å². The molecule has 0 spiro atoms. The van der Waals surface area contributed by atoms with E-state index in [2.05, 4.69) is 11.4 Å². The van der Waals surface area contributed by atoms with E-state index in [1.54, 1.807) is 12.1 Å². The van der Waals surface area contributed by atoms with Gasteiger partial charge in [0.15, 0.2) is 0 Å². The van der Waals surface area contributed by atoms with Crippen LogP contribution in [0.3, 0.4) is 0 Å². The van der Waals surface area contributed by atoms with Gasteiger partial charge >= 0.3 is 0 Å². The molecule has 1 atom stereocenters. The Balaban J connectivity index is 1.90. The van der Waals surface area contributed by atoms with Crippen LogP contribution in [-0.2, 0) is 14.8 Å². The molecule has 5 nitrogen and oxygen atoms in total. The lowest BCUT2D eigenvalue weighted by molar-refractivity contribution is -0.120. The minimum atomic E-state index is -3.98. The van der Waals surface area contributed by atoms with Crippen molar-refractivity contribution in [2.45, 2.75) is 45.1 Å². The van der Waals surface area contributed by atoms with E-state index in [1.165, 1.54) is 29.8 Å². The molecule has 7 heteroatoms. The fourth-order valence-electron chi connectivity index (χ4n) is 3.53. The first-order chi connectivity index (χ1) is 15.6. The molecule has 1 N–H and O–H groups in total. The first-order valence-electron chi connectivity index (χ1n) is 10.8. The number of nitrogens with zero attached hydrogens (tertiary/aromatic N) is 1. The summed E-state index contributed by atoms with van der Waals surface area (Å²) in [6.45, 7) is 7.65. The molecule has 33 heavy (non-hydrogen) atoms. The highest BCUT2D eigenvalue weighted by Crippen LogP contribution is 2.26. The highest BCUT2D eigenvalue weighted by atomic mass is 35.5. The largest absolute Gasteiger partial charge is 0.348 e. The maximum absolute atomic E-state index is 13.5. The number of halogens is 1. The van der Waals surface area contributed by atoms with Gasteiger partial charge in [-0.2, -0.15) is 0 Å². The normalized spacial score (nSPS) is 12.3. The molecular formula is C26H29ClN2O3S. The third-order valence-electron chi connectivity index (χ3n) is 5.69. The fraction of sp³-hybridized carbons (Fsp3) is 0.269. The number of hydrogen-bond donors (Lipinski definition) is 1. The van der Waals surface area contributed by atoms with Gasteiger partial charge in [-0.05, 0) is 80.3 Å². The number of nitrogens with one attached hydrogen (secondary N) is 1. The molecule has 0 saturated carbocycles. The minimum Gasteiger partial charge on any atom is -0.348 e. The molecule has 1 amide bonds. The summed E-state index contributed by atoms with van der Waals surface area (Å²) >= 11 is 5.94. The zero-order valence-corrected chi connectivity index (χ0v) is 20.9. The van der Waals surface area contributed by atoms with Crippen molar-refractivity contribution in [2.24, 2.45) is 0 Å². The highest BCUT2D eigenvalue weighted by molar-refractivity contribution is 7.92. The molecule has 3 rings (SSSR count). The summed E-state index contributed by atoms with van der Waals surface area (Å²) in [7, 11) is -3.98. The van der Waals surface area contributed by atoms with Gasteiger partial charge in [-0.1, -0.05) is 54.4 Å². The second kappa shape index (κ2) is 10.4. The van der Waals surface area contributed by atoms with E-state index in [-0.39, 0.29) is 23.4 Å². The highest BCUT2D eigenvalue weighted by Gasteiger charge is 2.28. The number of carbonyl (C=O) groups is 1. The second-order valence-electron chi connectivity index (χ2n) is 8.17. The summed E-state index contributed by atoms with van der Waals surface area (Å²) in [6, 6.07) is 18.9. The Hall–Kier alpha value is -2.83. The van der Waals surface area contributed by atoms with Gasteiger partial charge in [-0.15, -0.1) is 0 Å². The van der Waals surface area contributed by atoms with Crippen molar-refractivity contribution in [1.82, 2.24) is 5.32 Å². The van der Waals surface area contributed by atoms with E-state index < -0.39 is 10.0 Å². The van der Waals surface area contributed by atoms with Crippen LogP contribution in [0, 0.1) is 20.8 Å². The predicted molar refractivity (Wildman–Crippen MR) is 134 cm³/mol. The Morgan fingerprint density at radius 2 is 1.58 bits per heavy atom. The molecule has 0 bridgehead atoms. The molecule has 0 aliphatic heterocycles. The minimum absolute atomic E-state index is 0.0708. The topological polar surface area (TPSA) is 66.5 Å². The average Bonchev–Trinajstić information content (AvgIpc) is 2.78. The Morgan fingerprint density at radius 1 is 0.939 bits per heavy atom. The molecule has 3 aromatic carbocycles. The molecule has 0 fully saturated rings. The van der Waals surface area contributed by atoms with Gasteiger partial charge in [-0.3, -0.25) is 9.10 Å². The van der Waals surface area contributed by atoms with Crippen LogP contribution in [0.5, 0.6) is 0 Å². The maximum Gasteiger partial charge on any atom is 0.264 e. The molecule has 0 aromatic heterocycles. The summed E-state index contributed by atoms with van der Waals surface area (Å²) in [6.07, 6.45) is 0.683. The van der Waals surface area contributed by atoms with Crippen molar-refractivity contribution in [3.63, 3.8) is 0 Å². The first kappa shape index (κ1) is 24.8.